The van der Waals surface area contributed by atoms with Gasteiger partial charge in [0.05, 0.1) is 33.4 Å². The Morgan fingerprint density at radius 2 is 0.619 bits per heavy atom. The van der Waals surface area contributed by atoms with E-state index < -0.39 is 69.2 Å². The molecule has 15 heteroatoms. The van der Waals surface area contributed by atoms with Gasteiger partial charge in [-0.3, -0.25) is 0 Å². The van der Waals surface area contributed by atoms with Crippen LogP contribution in [0.2, 0.25) is 0 Å². The second kappa shape index (κ2) is 10.9. The molecule has 0 aliphatic rings. The lowest BCUT2D eigenvalue weighted by Crippen LogP contribution is -2.08. The van der Waals surface area contributed by atoms with Gasteiger partial charge < -0.3 is 30.6 Å². The zero-order valence-corrected chi connectivity index (χ0v) is 20.7. The van der Waals surface area contributed by atoms with Crippen LogP contribution in [0.1, 0.15) is 62.1 Å². The monoisotopic (exact) mass is 573 g/mol. The second-order valence-electron chi connectivity index (χ2n) is 8.59. The third-order valence-electron chi connectivity index (χ3n) is 5.88. The summed E-state index contributed by atoms with van der Waals surface area (Å²) in [5.74, 6) is -9.10. The Morgan fingerprint density at radius 3 is 0.857 bits per heavy atom. The number of aromatic carboxylic acids is 6. The summed E-state index contributed by atoms with van der Waals surface area (Å²) in [4.78, 5) is 70.7. The highest BCUT2D eigenvalue weighted by atomic mass is 16.4. The Morgan fingerprint density at radius 1 is 0.381 bits per heavy atom. The summed E-state index contributed by atoms with van der Waals surface area (Å²) in [6, 6.07) is 8.76. The van der Waals surface area contributed by atoms with Crippen LogP contribution < -0.4 is 0 Å². The van der Waals surface area contributed by atoms with Gasteiger partial charge in [0.25, 0.3) is 0 Å². The van der Waals surface area contributed by atoms with Gasteiger partial charge in [-0.1, -0.05) is 0 Å². The van der Waals surface area contributed by atoms with Gasteiger partial charge in [0.2, 0.25) is 0 Å². The quantitative estimate of drug-likeness (QED) is 0.168. The van der Waals surface area contributed by atoms with Crippen LogP contribution in [-0.2, 0) is 0 Å². The van der Waals surface area contributed by atoms with E-state index in [0.29, 0.717) is 0 Å². The molecule has 0 saturated heterocycles. The SMILES string of the molecule is O=C(O)c1cc(C(=O)O)cc(-c2nnnc(-c3cc(C(=O)O)cc(C(=O)O)c3)c2-c2cc(C(=O)O)cc(C(=O)O)c2)c1. The molecule has 4 rings (SSSR count). The third-order valence-corrected chi connectivity index (χ3v) is 5.88. The molecular weight excluding hydrogens is 558 g/mol. The van der Waals surface area contributed by atoms with Crippen molar-refractivity contribution in [3.8, 4) is 33.6 Å². The molecule has 42 heavy (non-hydrogen) atoms. The number of rotatable bonds is 9. The van der Waals surface area contributed by atoms with Crippen LogP contribution in [0, 0.1) is 0 Å². The zero-order valence-electron chi connectivity index (χ0n) is 20.7. The number of carboxylic acids is 6. The van der Waals surface area contributed by atoms with Gasteiger partial charge in [-0.2, -0.15) is 0 Å². The van der Waals surface area contributed by atoms with Crippen molar-refractivity contribution in [2.75, 3.05) is 0 Å². The van der Waals surface area contributed by atoms with Crippen molar-refractivity contribution in [2.45, 2.75) is 0 Å². The fourth-order valence-electron chi connectivity index (χ4n) is 4.04. The van der Waals surface area contributed by atoms with E-state index >= 15 is 0 Å². The minimum atomic E-state index is -1.53. The Bertz CT molecular complexity index is 1680. The highest BCUT2D eigenvalue weighted by Crippen LogP contribution is 2.39. The maximum absolute atomic E-state index is 11.9. The van der Waals surface area contributed by atoms with E-state index in [2.05, 4.69) is 15.4 Å². The number of nitrogens with zero attached hydrogens (tertiary/aromatic N) is 3. The molecule has 0 bridgehead atoms. The normalized spacial score (nSPS) is 10.6. The summed E-state index contributed by atoms with van der Waals surface area (Å²) in [6.07, 6.45) is 0. The maximum atomic E-state index is 11.9. The molecule has 3 aromatic carbocycles. The van der Waals surface area contributed by atoms with Crippen molar-refractivity contribution < 1.29 is 59.4 Å². The van der Waals surface area contributed by atoms with Gasteiger partial charge in [0.15, 0.2) is 0 Å². The molecule has 0 fully saturated rings. The van der Waals surface area contributed by atoms with E-state index in [0.717, 1.165) is 54.6 Å². The number of carboxylic acid groups (broad SMARTS) is 6. The summed E-state index contributed by atoms with van der Waals surface area (Å²) in [6.45, 7) is 0. The molecule has 0 atom stereocenters. The Labute approximate surface area is 232 Å². The van der Waals surface area contributed by atoms with Crippen LogP contribution in [0.25, 0.3) is 33.6 Å². The summed E-state index contributed by atoms with van der Waals surface area (Å²) in [5, 5.41) is 68.9. The highest BCUT2D eigenvalue weighted by molar-refractivity contribution is 6.02. The first kappa shape index (κ1) is 28.5. The van der Waals surface area contributed by atoms with Crippen molar-refractivity contribution in [1.82, 2.24) is 15.4 Å². The lowest BCUT2D eigenvalue weighted by Gasteiger charge is -2.15. The van der Waals surface area contributed by atoms with E-state index in [1.165, 1.54) is 0 Å². The average Bonchev–Trinajstić information content (AvgIpc) is 2.95. The van der Waals surface area contributed by atoms with Crippen molar-refractivity contribution in [3.63, 3.8) is 0 Å². The molecular formula is C27H15N3O12. The fraction of sp³-hybridized carbons (Fsp3) is 0. The van der Waals surface area contributed by atoms with Crippen LogP contribution in [0.4, 0.5) is 0 Å². The molecule has 15 nitrogen and oxygen atoms in total. The highest BCUT2D eigenvalue weighted by Gasteiger charge is 2.24. The van der Waals surface area contributed by atoms with Gasteiger partial charge in [0.1, 0.15) is 11.4 Å². The van der Waals surface area contributed by atoms with E-state index in [-0.39, 0.29) is 33.6 Å². The van der Waals surface area contributed by atoms with Crippen molar-refractivity contribution in [2.24, 2.45) is 0 Å². The van der Waals surface area contributed by atoms with E-state index in [4.69, 9.17) is 0 Å². The number of aromatic nitrogens is 3. The van der Waals surface area contributed by atoms with Gasteiger partial charge in [0, 0.05) is 16.7 Å². The van der Waals surface area contributed by atoms with Gasteiger partial charge in [-0.25, -0.2) is 28.8 Å². The largest absolute Gasteiger partial charge is 0.478 e. The lowest BCUT2D eigenvalue weighted by atomic mass is 9.90. The number of benzene rings is 3. The van der Waals surface area contributed by atoms with Crippen LogP contribution in [0.3, 0.4) is 0 Å². The predicted octanol–water partition coefficient (Wildman–Crippen LogP) is 3.06. The number of carbonyl (C=O) groups is 6. The first-order valence-electron chi connectivity index (χ1n) is 11.4. The summed E-state index contributed by atoms with van der Waals surface area (Å²) < 4.78 is 0. The molecule has 0 spiro atoms. The van der Waals surface area contributed by atoms with Crippen molar-refractivity contribution in [1.29, 1.82) is 0 Å². The number of hydrogen-bond acceptors (Lipinski definition) is 9. The van der Waals surface area contributed by atoms with Crippen LogP contribution >= 0.6 is 0 Å². The smallest absolute Gasteiger partial charge is 0.335 e. The maximum Gasteiger partial charge on any atom is 0.335 e. The van der Waals surface area contributed by atoms with E-state index in [9.17, 15) is 59.4 Å². The topological polar surface area (TPSA) is 262 Å². The average molecular weight is 573 g/mol. The standard InChI is InChI=1S/C27H15N3O12/c31-22(32)13-1-10(2-14(7-13)23(33)34)19-20(11-3-15(24(35)36)8-16(4-11)25(37)38)28-30-29-21(19)12-5-17(26(39)40)9-18(6-12)27(41)42/h1-9H,(H,31,32)(H,33,34)(H,35,36)(H,37,38)(H,39,40)(H,41,42). The number of hydrogen-bond donors (Lipinski definition) is 6. The Kier molecular flexibility index (Phi) is 7.42. The molecule has 0 unspecified atom stereocenters. The molecule has 210 valence electrons. The molecule has 0 saturated carbocycles. The van der Waals surface area contributed by atoms with Gasteiger partial charge in [-0.05, 0) is 65.4 Å². The van der Waals surface area contributed by atoms with Crippen LogP contribution in [0.15, 0.2) is 54.6 Å². The third kappa shape index (κ3) is 5.59. The molecule has 6 N–H and O–H groups in total. The Hall–Kier alpha value is -6.51. The molecule has 4 aromatic rings. The minimum absolute atomic E-state index is 0.177. The molecule has 1 heterocycles. The summed E-state index contributed by atoms with van der Waals surface area (Å²) in [5.41, 5.74) is -4.32. The van der Waals surface area contributed by atoms with Gasteiger partial charge in [-0.15, -0.1) is 10.2 Å². The van der Waals surface area contributed by atoms with Crippen molar-refractivity contribution >= 4 is 35.8 Å². The molecule has 0 amide bonds. The van der Waals surface area contributed by atoms with Crippen LogP contribution in [-0.4, -0.2) is 81.9 Å². The first-order valence-corrected chi connectivity index (χ1v) is 11.4. The Balaban J connectivity index is 2.20. The fourth-order valence-corrected chi connectivity index (χ4v) is 4.04. The lowest BCUT2D eigenvalue weighted by molar-refractivity contribution is 0.0676. The second-order valence-corrected chi connectivity index (χ2v) is 8.59. The van der Waals surface area contributed by atoms with Gasteiger partial charge >= 0.3 is 35.8 Å². The van der Waals surface area contributed by atoms with Crippen molar-refractivity contribution in [3.05, 3.63) is 88.0 Å². The predicted molar refractivity (Wildman–Crippen MR) is 138 cm³/mol. The van der Waals surface area contributed by atoms with E-state index in [1.54, 1.807) is 0 Å². The van der Waals surface area contributed by atoms with E-state index in [1.807, 2.05) is 0 Å². The molecule has 0 radical (unpaired) electrons. The summed E-state index contributed by atoms with van der Waals surface area (Å²) in [7, 11) is 0. The minimum Gasteiger partial charge on any atom is -0.478 e. The molecule has 0 aliphatic heterocycles. The summed E-state index contributed by atoms with van der Waals surface area (Å²) >= 11 is 0. The zero-order chi connectivity index (χ0) is 30.9. The first-order chi connectivity index (χ1) is 19.8. The van der Waals surface area contributed by atoms with Crippen LogP contribution in [0.5, 0.6) is 0 Å². The molecule has 1 aromatic heterocycles. The molecule has 0 aliphatic carbocycles.